The van der Waals surface area contributed by atoms with E-state index in [9.17, 15) is 0 Å². The summed E-state index contributed by atoms with van der Waals surface area (Å²) >= 11 is 0. The predicted molar refractivity (Wildman–Crippen MR) is 65.3 cm³/mol. The number of nitrogens with one attached hydrogen (secondary N) is 2. The van der Waals surface area contributed by atoms with Crippen LogP contribution in [0.1, 0.15) is 18.1 Å². The number of benzene rings is 1. The monoisotopic (exact) mass is 220 g/mol. The van der Waals surface area contributed by atoms with Crippen molar-refractivity contribution < 1.29 is 4.74 Å². The minimum Gasteiger partial charge on any atom is -0.377 e. The van der Waals surface area contributed by atoms with Crippen LogP contribution in [0.25, 0.3) is 0 Å². The molecule has 0 aliphatic carbocycles. The fourth-order valence-electron chi connectivity index (χ4n) is 1.77. The van der Waals surface area contributed by atoms with E-state index in [-0.39, 0.29) is 0 Å². The van der Waals surface area contributed by atoms with Crippen molar-refractivity contribution in [3.8, 4) is 0 Å². The maximum atomic E-state index is 5.47. The highest BCUT2D eigenvalue weighted by molar-refractivity contribution is 5.26. The Bertz CT molecular complexity index is 323. The molecule has 0 aromatic heterocycles. The van der Waals surface area contributed by atoms with Gasteiger partial charge in [0.15, 0.2) is 0 Å². The average molecular weight is 220 g/mol. The van der Waals surface area contributed by atoms with E-state index in [2.05, 4.69) is 34.9 Å². The molecule has 0 bridgehead atoms. The molecule has 1 aromatic rings. The first-order chi connectivity index (χ1) is 7.90. The quantitative estimate of drug-likeness (QED) is 0.758. The highest BCUT2D eigenvalue weighted by atomic mass is 16.5. The van der Waals surface area contributed by atoms with Crippen LogP contribution in [0.15, 0.2) is 24.3 Å². The molecule has 0 radical (unpaired) electrons. The van der Waals surface area contributed by atoms with Crippen LogP contribution in [0, 0.1) is 0 Å². The SMILES string of the molecule is CCOCc1ccccc1CNC1CNC1. The van der Waals surface area contributed by atoms with Crippen LogP contribution in [0.5, 0.6) is 0 Å². The first kappa shape index (κ1) is 11.6. The van der Waals surface area contributed by atoms with Gasteiger partial charge in [-0.3, -0.25) is 0 Å². The summed E-state index contributed by atoms with van der Waals surface area (Å²) in [5.74, 6) is 0. The Morgan fingerprint density at radius 2 is 2.06 bits per heavy atom. The predicted octanol–water partition coefficient (Wildman–Crippen LogP) is 1.28. The van der Waals surface area contributed by atoms with Gasteiger partial charge in [-0.2, -0.15) is 0 Å². The summed E-state index contributed by atoms with van der Waals surface area (Å²) in [7, 11) is 0. The Kier molecular flexibility index (Phi) is 4.34. The fraction of sp³-hybridized carbons (Fsp3) is 0.538. The maximum Gasteiger partial charge on any atom is 0.0719 e. The van der Waals surface area contributed by atoms with Gasteiger partial charge in [-0.15, -0.1) is 0 Å². The van der Waals surface area contributed by atoms with E-state index in [1.807, 2.05) is 6.92 Å². The van der Waals surface area contributed by atoms with Gasteiger partial charge >= 0.3 is 0 Å². The molecule has 3 nitrogen and oxygen atoms in total. The number of hydrogen-bond donors (Lipinski definition) is 2. The van der Waals surface area contributed by atoms with Crippen LogP contribution >= 0.6 is 0 Å². The van der Waals surface area contributed by atoms with Crippen molar-refractivity contribution in [1.29, 1.82) is 0 Å². The van der Waals surface area contributed by atoms with Crippen LogP contribution in [0.4, 0.5) is 0 Å². The van der Waals surface area contributed by atoms with E-state index in [0.717, 1.165) is 32.8 Å². The van der Waals surface area contributed by atoms with Crippen molar-refractivity contribution in [2.75, 3.05) is 19.7 Å². The van der Waals surface area contributed by atoms with Crippen LogP contribution < -0.4 is 10.6 Å². The lowest BCUT2D eigenvalue weighted by molar-refractivity contribution is 0.133. The minimum absolute atomic E-state index is 0.639. The van der Waals surface area contributed by atoms with Crippen molar-refractivity contribution in [3.63, 3.8) is 0 Å². The molecule has 1 aliphatic rings. The van der Waals surface area contributed by atoms with Crippen molar-refractivity contribution >= 4 is 0 Å². The first-order valence-electron chi connectivity index (χ1n) is 5.98. The lowest BCUT2D eigenvalue weighted by Crippen LogP contribution is -2.55. The Morgan fingerprint density at radius 1 is 1.31 bits per heavy atom. The van der Waals surface area contributed by atoms with E-state index < -0.39 is 0 Å². The van der Waals surface area contributed by atoms with Gasteiger partial charge in [0.2, 0.25) is 0 Å². The lowest BCUT2D eigenvalue weighted by Gasteiger charge is -2.28. The molecule has 0 amide bonds. The molecular weight excluding hydrogens is 200 g/mol. The first-order valence-corrected chi connectivity index (χ1v) is 5.98. The third-order valence-corrected chi connectivity index (χ3v) is 2.94. The van der Waals surface area contributed by atoms with Gasteiger partial charge < -0.3 is 15.4 Å². The molecule has 3 heteroatoms. The van der Waals surface area contributed by atoms with Gasteiger partial charge in [0.1, 0.15) is 0 Å². The van der Waals surface area contributed by atoms with E-state index in [1.54, 1.807) is 0 Å². The second-order valence-corrected chi connectivity index (χ2v) is 4.14. The maximum absolute atomic E-state index is 5.47. The summed E-state index contributed by atoms with van der Waals surface area (Å²) in [6.07, 6.45) is 0. The van der Waals surface area contributed by atoms with Crippen LogP contribution in [0.2, 0.25) is 0 Å². The molecular formula is C13H20N2O. The highest BCUT2D eigenvalue weighted by Gasteiger charge is 2.15. The molecule has 1 saturated heterocycles. The molecule has 0 saturated carbocycles. The Labute approximate surface area is 97.2 Å². The zero-order chi connectivity index (χ0) is 11.2. The van der Waals surface area contributed by atoms with Crippen LogP contribution in [-0.4, -0.2) is 25.7 Å². The summed E-state index contributed by atoms with van der Waals surface area (Å²) in [5, 5.41) is 6.79. The van der Waals surface area contributed by atoms with Crippen molar-refractivity contribution in [2.24, 2.45) is 0 Å². The van der Waals surface area contributed by atoms with E-state index >= 15 is 0 Å². The molecule has 0 unspecified atom stereocenters. The standard InChI is InChI=1S/C13H20N2O/c1-2-16-10-12-6-4-3-5-11(12)7-15-13-8-14-9-13/h3-6,13-15H,2,7-10H2,1H3. The van der Waals surface area contributed by atoms with E-state index in [0.29, 0.717) is 6.04 Å². The van der Waals surface area contributed by atoms with Gasteiger partial charge in [0.25, 0.3) is 0 Å². The summed E-state index contributed by atoms with van der Waals surface area (Å²) in [4.78, 5) is 0. The van der Waals surface area contributed by atoms with E-state index in [4.69, 9.17) is 4.74 Å². The summed E-state index contributed by atoms with van der Waals surface area (Å²) in [6.45, 7) is 6.64. The second-order valence-electron chi connectivity index (χ2n) is 4.14. The molecule has 16 heavy (non-hydrogen) atoms. The molecule has 88 valence electrons. The van der Waals surface area contributed by atoms with Gasteiger partial charge in [-0.25, -0.2) is 0 Å². The zero-order valence-electron chi connectivity index (χ0n) is 9.83. The normalized spacial score (nSPS) is 16.1. The van der Waals surface area contributed by atoms with Gasteiger partial charge in [0.05, 0.1) is 6.61 Å². The topological polar surface area (TPSA) is 33.3 Å². The van der Waals surface area contributed by atoms with Crippen molar-refractivity contribution in [2.45, 2.75) is 26.1 Å². The lowest BCUT2D eigenvalue weighted by atomic mass is 10.1. The molecule has 2 rings (SSSR count). The smallest absolute Gasteiger partial charge is 0.0719 e. The van der Waals surface area contributed by atoms with Gasteiger partial charge in [-0.1, -0.05) is 24.3 Å². The van der Waals surface area contributed by atoms with Crippen molar-refractivity contribution in [1.82, 2.24) is 10.6 Å². The summed E-state index contributed by atoms with van der Waals surface area (Å²) < 4.78 is 5.47. The van der Waals surface area contributed by atoms with Crippen molar-refractivity contribution in [3.05, 3.63) is 35.4 Å². The summed E-state index contributed by atoms with van der Waals surface area (Å²) in [5.41, 5.74) is 2.65. The van der Waals surface area contributed by atoms with Crippen LogP contribution in [-0.2, 0) is 17.9 Å². The third-order valence-electron chi connectivity index (χ3n) is 2.94. The largest absolute Gasteiger partial charge is 0.377 e. The average Bonchev–Trinajstić information content (AvgIpc) is 2.26. The van der Waals surface area contributed by atoms with Gasteiger partial charge in [0, 0.05) is 32.3 Å². The van der Waals surface area contributed by atoms with Gasteiger partial charge in [-0.05, 0) is 18.1 Å². The van der Waals surface area contributed by atoms with E-state index in [1.165, 1.54) is 11.1 Å². The molecule has 0 atom stereocenters. The number of hydrogen-bond acceptors (Lipinski definition) is 3. The van der Waals surface area contributed by atoms with Crippen LogP contribution in [0.3, 0.4) is 0 Å². The molecule has 1 aromatic carbocycles. The molecule has 0 spiro atoms. The highest BCUT2D eigenvalue weighted by Crippen LogP contribution is 2.10. The fourth-order valence-corrected chi connectivity index (χ4v) is 1.77. The Balaban J connectivity index is 1.89. The minimum atomic E-state index is 0.639. The number of ether oxygens (including phenoxy) is 1. The molecule has 1 aliphatic heterocycles. The Hall–Kier alpha value is -0.900. The molecule has 1 heterocycles. The zero-order valence-corrected chi connectivity index (χ0v) is 9.83. The second kappa shape index (κ2) is 5.99. The Morgan fingerprint density at radius 3 is 2.69 bits per heavy atom. The summed E-state index contributed by atoms with van der Waals surface area (Å²) in [6, 6.07) is 9.12. The number of rotatable bonds is 6. The molecule has 2 N–H and O–H groups in total. The third kappa shape index (κ3) is 3.04. The molecule has 1 fully saturated rings.